The third-order valence-corrected chi connectivity index (χ3v) is 4.87. The van der Waals surface area contributed by atoms with Crippen molar-refractivity contribution in [2.45, 2.75) is 26.7 Å². The van der Waals surface area contributed by atoms with E-state index >= 15 is 0 Å². The summed E-state index contributed by atoms with van der Waals surface area (Å²) >= 11 is 0. The van der Waals surface area contributed by atoms with Crippen molar-refractivity contribution in [3.8, 4) is 0 Å². The van der Waals surface area contributed by atoms with Crippen molar-refractivity contribution in [1.82, 2.24) is 20.1 Å². The summed E-state index contributed by atoms with van der Waals surface area (Å²) in [6.07, 6.45) is 1.54. The summed E-state index contributed by atoms with van der Waals surface area (Å²) in [7, 11) is 2.13. The summed E-state index contributed by atoms with van der Waals surface area (Å²) < 4.78 is 5.05. The molecule has 2 rings (SSSR count). The zero-order valence-electron chi connectivity index (χ0n) is 16.5. The van der Waals surface area contributed by atoms with Crippen LogP contribution in [0.25, 0.3) is 0 Å². The molecule has 8 nitrogen and oxygen atoms in total. The van der Waals surface area contributed by atoms with E-state index in [1.165, 1.54) is 0 Å². The highest BCUT2D eigenvalue weighted by Crippen LogP contribution is 2.19. The van der Waals surface area contributed by atoms with Gasteiger partial charge in [-0.2, -0.15) is 0 Å². The standard InChI is InChI=1S/C19H30N4O4/c1-4-27-19(26)18-14(2)16(13-24)21-15(18)12-17(25)20-6-5-7-23-10-8-22(3)9-11-23/h13,21H,4-12H2,1-3H3,(H,20,25). The van der Waals surface area contributed by atoms with Crippen LogP contribution in [0.2, 0.25) is 0 Å². The lowest BCUT2D eigenvalue weighted by Gasteiger charge is -2.32. The van der Waals surface area contributed by atoms with E-state index < -0.39 is 5.97 Å². The predicted molar refractivity (Wildman–Crippen MR) is 102 cm³/mol. The number of ether oxygens (including phenoxy) is 1. The molecule has 8 heteroatoms. The third-order valence-electron chi connectivity index (χ3n) is 4.87. The lowest BCUT2D eigenvalue weighted by atomic mass is 10.1. The van der Waals surface area contributed by atoms with E-state index in [1.54, 1.807) is 13.8 Å². The smallest absolute Gasteiger partial charge is 0.340 e. The maximum atomic E-state index is 12.3. The monoisotopic (exact) mass is 378 g/mol. The van der Waals surface area contributed by atoms with E-state index in [9.17, 15) is 14.4 Å². The number of hydrogen-bond donors (Lipinski definition) is 2. The Kier molecular flexibility index (Phi) is 7.99. The Morgan fingerprint density at radius 3 is 2.59 bits per heavy atom. The molecule has 0 bridgehead atoms. The average molecular weight is 378 g/mol. The number of H-pyrrole nitrogens is 1. The minimum absolute atomic E-state index is 0.0112. The molecule has 1 aromatic rings. The highest BCUT2D eigenvalue weighted by Gasteiger charge is 2.23. The highest BCUT2D eigenvalue weighted by atomic mass is 16.5. The molecular weight excluding hydrogens is 348 g/mol. The Morgan fingerprint density at radius 2 is 1.96 bits per heavy atom. The first-order valence-corrected chi connectivity index (χ1v) is 9.47. The quantitative estimate of drug-likeness (QED) is 0.371. The number of rotatable bonds is 9. The summed E-state index contributed by atoms with van der Waals surface area (Å²) in [4.78, 5) is 43.1. The van der Waals surface area contributed by atoms with Gasteiger partial charge in [-0.1, -0.05) is 0 Å². The number of amides is 1. The number of aromatic nitrogens is 1. The molecule has 1 aromatic heterocycles. The van der Waals surface area contributed by atoms with Crippen LogP contribution in [0.4, 0.5) is 0 Å². The van der Waals surface area contributed by atoms with Gasteiger partial charge in [0.15, 0.2) is 6.29 Å². The summed E-state index contributed by atoms with van der Waals surface area (Å²) in [5, 5.41) is 2.89. The number of carbonyl (C=O) groups is 3. The normalized spacial score (nSPS) is 15.5. The molecule has 0 atom stereocenters. The molecule has 0 radical (unpaired) electrons. The zero-order chi connectivity index (χ0) is 19.8. The van der Waals surface area contributed by atoms with Crippen LogP contribution in [0.5, 0.6) is 0 Å². The van der Waals surface area contributed by atoms with Gasteiger partial charge < -0.3 is 24.8 Å². The van der Waals surface area contributed by atoms with Crippen LogP contribution in [0.15, 0.2) is 0 Å². The Labute approximate surface area is 160 Å². The van der Waals surface area contributed by atoms with E-state index in [0.717, 1.165) is 39.1 Å². The van der Waals surface area contributed by atoms with E-state index in [1.807, 2.05) is 0 Å². The van der Waals surface area contributed by atoms with Crippen LogP contribution in [0.1, 0.15) is 45.4 Å². The molecule has 1 aliphatic heterocycles. The third kappa shape index (κ3) is 5.90. The van der Waals surface area contributed by atoms with Crippen LogP contribution in [0, 0.1) is 6.92 Å². The second-order valence-electron chi connectivity index (χ2n) is 6.88. The second kappa shape index (κ2) is 10.2. The Hall–Kier alpha value is -2.19. The van der Waals surface area contributed by atoms with Crippen molar-refractivity contribution in [2.24, 2.45) is 0 Å². The number of aromatic amines is 1. The molecule has 2 heterocycles. The van der Waals surface area contributed by atoms with Crippen LogP contribution >= 0.6 is 0 Å². The fraction of sp³-hybridized carbons (Fsp3) is 0.632. The maximum Gasteiger partial charge on any atom is 0.340 e. The molecule has 150 valence electrons. The van der Waals surface area contributed by atoms with Crippen LogP contribution in [-0.2, 0) is 16.0 Å². The number of aldehydes is 1. The van der Waals surface area contributed by atoms with Gasteiger partial charge in [0.1, 0.15) is 0 Å². The summed E-state index contributed by atoms with van der Waals surface area (Å²) in [5.41, 5.74) is 1.52. The van der Waals surface area contributed by atoms with Gasteiger partial charge in [-0.15, -0.1) is 0 Å². The zero-order valence-corrected chi connectivity index (χ0v) is 16.5. The molecule has 0 saturated carbocycles. The number of carbonyl (C=O) groups excluding carboxylic acids is 3. The molecule has 1 amide bonds. The molecule has 1 aliphatic rings. The number of likely N-dealkylation sites (N-methyl/N-ethyl adjacent to an activating group) is 1. The van der Waals surface area contributed by atoms with E-state index in [2.05, 4.69) is 27.1 Å². The van der Waals surface area contributed by atoms with Gasteiger partial charge in [0.05, 0.1) is 24.3 Å². The van der Waals surface area contributed by atoms with Gasteiger partial charge in [-0.3, -0.25) is 9.59 Å². The molecule has 2 N–H and O–H groups in total. The lowest BCUT2D eigenvalue weighted by molar-refractivity contribution is -0.120. The molecular formula is C19H30N4O4. The van der Waals surface area contributed by atoms with Crippen LogP contribution in [-0.4, -0.2) is 85.9 Å². The predicted octanol–water partition coefficient (Wildman–Crippen LogP) is 0.609. The van der Waals surface area contributed by atoms with Gasteiger partial charge in [0.25, 0.3) is 0 Å². The maximum absolute atomic E-state index is 12.3. The molecule has 1 fully saturated rings. The van der Waals surface area contributed by atoms with Crippen molar-refractivity contribution in [3.05, 3.63) is 22.5 Å². The summed E-state index contributed by atoms with van der Waals surface area (Å²) in [6.45, 7) is 9.43. The summed E-state index contributed by atoms with van der Waals surface area (Å²) in [5.74, 6) is -0.699. The molecule has 27 heavy (non-hydrogen) atoms. The van der Waals surface area contributed by atoms with Crippen molar-refractivity contribution in [3.63, 3.8) is 0 Å². The van der Waals surface area contributed by atoms with Gasteiger partial charge in [0.2, 0.25) is 5.91 Å². The first-order chi connectivity index (χ1) is 13.0. The molecule has 1 saturated heterocycles. The first-order valence-electron chi connectivity index (χ1n) is 9.47. The minimum Gasteiger partial charge on any atom is -0.462 e. The molecule has 0 spiro atoms. The number of piperazine rings is 1. The van der Waals surface area contributed by atoms with Crippen molar-refractivity contribution in [2.75, 3.05) is 52.9 Å². The number of nitrogens with one attached hydrogen (secondary N) is 2. The van der Waals surface area contributed by atoms with Crippen LogP contribution < -0.4 is 5.32 Å². The molecule has 0 aromatic carbocycles. The number of esters is 1. The molecule has 0 aliphatic carbocycles. The second-order valence-corrected chi connectivity index (χ2v) is 6.88. The van der Waals surface area contributed by atoms with E-state index in [0.29, 0.717) is 29.8 Å². The average Bonchev–Trinajstić information content (AvgIpc) is 2.95. The van der Waals surface area contributed by atoms with Gasteiger partial charge in [-0.05, 0) is 39.4 Å². The topological polar surface area (TPSA) is 94.7 Å². The Balaban J connectivity index is 1.84. The van der Waals surface area contributed by atoms with E-state index in [4.69, 9.17) is 4.74 Å². The number of hydrogen-bond acceptors (Lipinski definition) is 6. The highest BCUT2D eigenvalue weighted by molar-refractivity contribution is 5.97. The number of nitrogens with zero attached hydrogens (tertiary/aromatic N) is 2. The van der Waals surface area contributed by atoms with E-state index in [-0.39, 0.29) is 24.5 Å². The Morgan fingerprint density at radius 1 is 1.26 bits per heavy atom. The van der Waals surface area contributed by atoms with Gasteiger partial charge >= 0.3 is 5.97 Å². The fourth-order valence-electron chi connectivity index (χ4n) is 3.23. The first kappa shape index (κ1) is 21.1. The largest absolute Gasteiger partial charge is 0.462 e. The fourth-order valence-corrected chi connectivity index (χ4v) is 3.23. The van der Waals surface area contributed by atoms with Crippen LogP contribution in [0.3, 0.4) is 0 Å². The molecule has 0 unspecified atom stereocenters. The Bertz CT molecular complexity index is 663. The van der Waals surface area contributed by atoms with Crippen molar-refractivity contribution >= 4 is 18.2 Å². The van der Waals surface area contributed by atoms with Gasteiger partial charge in [0, 0.05) is 38.4 Å². The van der Waals surface area contributed by atoms with Crippen molar-refractivity contribution in [1.29, 1.82) is 0 Å². The van der Waals surface area contributed by atoms with Gasteiger partial charge in [-0.25, -0.2) is 4.79 Å². The SMILES string of the molecule is CCOC(=O)c1c(CC(=O)NCCCN2CCN(C)CC2)[nH]c(C=O)c1C. The van der Waals surface area contributed by atoms with Crippen molar-refractivity contribution < 1.29 is 19.1 Å². The summed E-state index contributed by atoms with van der Waals surface area (Å²) in [6, 6.07) is 0. The minimum atomic E-state index is -0.516. The lowest BCUT2D eigenvalue weighted by Crippen LogP contribution is -2.45.